The standard InChI is InChI=1S/C21H23ClN6O/c1-15-12-17(4-7-20(15)28-14-23-25-26-28)21(29)24-19-8-10-27(11-9-19)13-16-2-5-18(22)6-3-16/h2-7,12,14,19H,8-11,13H2,1H3,(H,24,29). The molecule has 0 bridgehead atoms. The Morgan fingerprint density at radius 3 is 2.59 bits per heavy atom. The Kier molecular flexibility index (Phi) is 5.87. The number of nitrogens with one attached hydrogen (secondary N) is 1. The number of tetrazole rings is 1. The summed E-state index contributed by atoms with van der Waals surface area (Å²) in [7, 11) is 0. The smallest absolute Gasteiger partial charge is 0.251 e. The number of hydrogen-bond donors (Lipinski definition) is 1. The minimum absolute atomic E-state index is 0.0347. The molecule has 1 aromatic heterocycles. The molecule has 3 aromatic rings. The van der Waals surface area contributed by atoms with Crippen LogP contribution < -0.4 is 5.32 Å². The van der Waals surface area contributed by atoms with Gasteiger partial charge < -0.3 is 5.32 Å². The van der Waals surface area contributed by atoms with E-state index in [2.05, 4.69) is 37.9 Å². The van der Waals surface area contributed by atoms with E-state index in [4.69, 9.17) is 11.6 Å². The summed E-state index contributed by atoms with van der Waals surface area (Å²) in [6, 6.07) is 13.7. The summed E-state index contributed by atoms with van der Waals surface area (Å²) in [6.07, 6.45) is 3.43. The number of aromatic nitrogens is 4. The lowest BCUT2D eigenvalue weighted by Crippen LogP contribution is -2.44. The van der Waals surface area contributed by atoms with Crippen LogP contribution in [0.3, 0.4) is 0 Å². The van der Waals surface area contributed by atoms with Crippen molar-refractivity contribution < 1.29 is 4.79 Å². The first-order valence-corrected chi connectivity index (χ1v) is 10.1. The SMILES string of the molecule is Cc1cc(C(=O)NC2CCN(Cc3ccc(Cl)cc3)CC2)ccc1-n1cnnn1. The molecule has 29 heavy (non-hydrogen) atoms. The van der Waals surface area contributed by atoms with Crippen LogP contribution in [0.15, 0.2) is 48.8 Å². The van der Waals surface area contributed by atoms with E-state index < -0.39 is 0 Å². The number of halogens is 1. The van der Waals surface area contributed by atoms with E-state index in [1.807, 2.05) is 37.3 Å². The van der Waals surface area contributed by atoms with Crippen LogP contribution in [-0.4, -0.2) is 50.1 Å². The molecule has 7 nitrogen and oxygen atoms in total. The lowest BCUT2D eigenvalue weighted by atomic mass is 10.0. The maximum atomic E-state index is 12.7. The van der Waals surface area contributed by atoms with Gasteiger partial charge in [0.25, 0.3) is 5.91 Å². The molecule has 8 heteroatoms. The average molecular weight is 411 g/mol. The summed E-state index contributed by atoms with van der Waals surface area (Å²) in [5.74, 6) is -0.0347. The summed E-state index contributed by atoms with van der Waals surface area (Å²) in [6.45, 7) is 4.79. The fourth-order valence-electron chi connectivity index (χ4n) is 3.68. The normalized spacial score (nSPS) is 15.4. The van der Waals surface area contributed by atoms with Crippen molar-refractivity contribution in [2.45, 2.75) is 32.4 Å². The minimum Gasteiger partial charge on any atom is -0.349 e. The van der Waals surface area contributed by atoms with Crippen LogP contribution in [0.4, 0.5) is 0 Å². The van der Waals surface area contributed by atoms with Gasteiger partial charge in [-0.25, -0.2) is 4.68 Å². The predicted molar refractivity (Wildman–Crippen MR) is 111 cm³/mol. The van der Waals surface area contributed by atoms with Crippen molar-refractivity contribution in [2.75, 3.05) is 13.1 Å². The predicted octanol–water partition coefficient (Wildman–Crippen LogP) is 3.02. The highest BCUT2D eigenvalue weighted by atomic mass is 35.5. The molecule has 2 aromatic carbocycles. The Bertz CT molecular complexity index is 965. The number of piperidine rings is 1. The Morgan fingerprint density at radius 2 is 1.93 bits per heavy atom. The van der Waals surface area contributed by atoms with Gasteiger partial charge in [0, 0.05) is 36.3 Å². The van der Waals surface area contributed by atoms with E-state index in [0.717, 1.165) is 48.7 Å². The number of aryl methyl sites for hydroxylation is 1. The van der Waals surface area contributed by atoms with Crippen molar-refractivity contribution in [3.8, 4) is 5.69 Å². The lowest BCUT2D eigenvalue weighted by molar-refractivity contribution is 0.0909. The zero-order chi connectivity index (χ0) is 20.2. The van der Waals surface area contributed by atoms with Gasteiger partial charge >= 0.3 is 0 Å². The van der Waals surface area contributed by atoms with Crippen LogP contribution in [0.25, 0.3) is 5.69 Å². The second-order valence-electron chi connectivity index (χ2n) is 7.41. The van der Waals surface area contributed by atoms with E-state index in [1.54, 1.807) is 11.0 Å². The van der Waals surface area contributed by atoms with E-state index in [0.29, 0.717) is 5.56 Å². The quantitative estimate of drug-likeness (QED) is 0.699. The van der Waals surface area contributed by atoms with Gasteiger partial charge in [-0.05, 0) is 71.7 Å². The van der Waals surface area contributed by atoms with Crippen molar-refractivity contribution >= 4 is 17.5 Å². The fourth-order valence-corrected chi connectivity index (χ4v) is 3.80. The van der Waals surface area contributed by atoms with Crippen LogP contribution in [0.1, 0.15) is 34.3 Å². The molecule has 0 unspecified atom stereocenters. The molecule has 1 aliphatic rings. The van der Waals surface area contributed by atoms with Gasteiger partial charge in [0.1, 0.15) is 6.33 Å². The summed E-state index contributed by atoms with van der Waals surface area (Å²) in [5, 5.41) is 15.1. The molecule has 150 valence electrons. The van der Waals surface area contributed by atoms with Gasteiger partial charge in [0.15, 0.2) is 0 Å². The molecule has 4 rings (SSSR count). The molecule has 1 fully saturated rings. The van der Waals surface area contributed by atoms with Crippen molar-refractivity contribution in [1.29, 1.82) is 0 Å². The highest BCUT2D eigenvalue weighted by molar-refractivity contribution is 6.30. The van der Waals surface area contributed by atoms with Gasteiger partial charge in [0.05, 0.1) is 5.69 Å². The zero-order valence-corrected chi connectivity index (χ0v) is 17.0. The first kappa shape index (κ1) is 19.5. The van der Waals surface area contributed by atoms with Crippen LogP contribution in [0.5, 0.6) is 0 Å². The number of likely N-dealkylation sites (tertiary alicyclic amines) is 1. The molecule has 0 aliphatic carbocycles. The number of nitrogens with zero attached hydrogens (tertiary/aromatic N) is 5. The molecular weight excluding hydrogens is 388 g/mol. The van der Waals surface area contributed by atoms with Crippen molar-refractivity contribution in [3.63, 3.8) is 0 Å². The largest absolute Gasteiger partial charge is 0.349 e. The first-order chi connectivity index (χ1) is 14.1. The van der Waals surface area contributed by atoms with Crippen molar-refractivity contribution in [2.24, 2.45) is 0 Å². The third-order valence-corrected chi connectivity index (χ3v) is 5.55. The molecule has 0 spiro atoms. The number of carbonyl (C=O) groups is 1. The van der Waals surface area contributed by atoms with Gasteiger partial charge in [-0.15, -0.1) is 5.10 Å². The van der Waals surface area contributed by atoms with Crippen LogP contribution in [0.2, 0.25) is 5.02 Å². The Morgan fingerprint density at radius 1 is 1.17 bits per heavy atom. The topological polar surface area (TPSA) is 75.9 Å². The molecule has 1 saturated heterocycles. The molecule has 0 radical (unpaired) electrons. The summed E-state index contributed by atoms with van der Waals surface area (Å²) >= 11 is 5.95. The lowest BCUT2D eigenvalue weighted by Gasteiger charge is -2.32. The Balaban J connectivity index is 1.30. The van der Waals surface area contributed by atoms with E-state index >= 15 is 0 Å². The molecule has 0 saturated carbocycles. The third-order valence-electron chi connectivity index (χ3n) is 5.30. The van der Waals surface area contributed by atoms with Crippen LogP contribution >= 0.6 is 11.6 Å². The zero-order valence-electron chi connectivity index (χ0n) is 16.3. The van der Waals surface area contributed by atoms with E-state index in [1.165, 1.54) is 5.56 Å². The van der Waals surface area contributed by atoms with Gasteiger partial charge in [-0.1, -0.05) is 23.7 Å². The summed E-state index contributed by atoms with van der Waals surface area (Å²) in [4.78, 5) is 15.1. The minimum atomic E-state index is -0.0347. The molecule has 1 amide bonds. The second kappa shape index (κ2) is 8.71. The Hall–Kier alpha value is -2.77. The number of amides is 1. The molecule has 1 N–H and O–H groups in total. The molecule has 0 atom stereocenters. The number of benzene rings is 2. The van der Waals surface area contributed by atoms with Gasteiger partial charge in [-0.3, -0.25) is 9.69 Å². The van der Waals surface area contributed by atoms with Crippen molar-refractivity contribution in [1.82, 2.24) is 30.4 Å². The van der Waals surface area contributed by atoms with Gasteiger partial charge in [-0.2, -0.15) is 0 Å². The maximum absolute atomic E-state index is 12.7. The first-order valence-electron chi connectivity index (χ1n) is 9.70. The average Bonchev–Trinajstić information content (AvgIpc) is 3.25. The number of carbonyl (C=O) groups excluding carboxylic acids is 1. The Labute approximate surface area is 174 Å². The summed E-state index contributed by atoms with van der Waals surface area (Å²) < 4.78 is 1.59. The van der Waals surface area contributed by atoms with E-state index in [9.17, 15) is 4.79 Å². The maximum Gasteiger partial charge on any atom is 0.251 e. The summed E-state index contributed by atoms with van der Waals surface area (Å²) in [5.41, 5.74) is 3.72. The van der Waals surface area contributed by atoms with E-state index in [-0.39, 0.29) is 11.9 Å². The highest BCUT2D eigenvalue weighted by Gasteiger charge is 2.21. The van der Waals surface area contributed by atoms with Gasteiger partial charge in [0.2, 0.25) is 0 Å². The monoisotopic (exact) mass is 410 g/mol. The second-order valence-corrected chi connectivity index (χ2v) is 7.84. The molecule has 2 heterocycles. The highest BCUT2D eigenvalue weighted by Crippen LogP contribution is 2.18. The van der Waals surface area contributed by atoms with Crippen LogP contribution in [-0.2, 0) is 6.54 Å². The number of rotatable bonds is 5. The van der Waals surface area contributed by atoms with Crippen molar-refractivity contribution in [3.05, 3.63) is 70.5 Å². The fraction of sp³-hybridized carbons (Fsp3) is 0.333. The van der Waals surface area contributed by atoms with Crippen LogP contribution in [0, 0.1) is 6.92 Å². The molecule has 1 aliphatic heterocycles. The third kappa shape index (κ3) is 4.81. The number of hydrogen-bond acceptors (Lipinski definition) is 5. The molecular formula is C21H23ClN6O.